The maximum absolute atomic E-state index is 4.66. The first kappa shape index (κ1) is 14.8. The number of nitrogens with zero attached hydrogens (tertiary/aromatic N) is 2. The zero-order chi connectivity index (χ0) is 12.3. The summed E-state index contributed by atoms with van der Waals surface area (Å²) in [6, 6.07) is 8.86. The van der Waals surface area contributed by atoms with Crippen molar-refractivity contribution in [3.8, 4) is 0 Å². The van der Waals surface area contributed by atoms with Crippen LogP contribution in [0.25, 0.3) is 6.08 Å². The minimum atomic E-state index is 0. The first-order valence-corrected chi connectivity index (χ1v) is 6.19. The average Bonchev–Trinajstić information content (AvgIpc) is 2.32. The summed E-state index contributed by atoms with van der Waals surface area (Å²) in [7, 11) is 2.10. The molecule has 1 heterocycles. The first-order chi connectivity index (χ1) is 8.16. The lowest BCUT2D eigenvalue weighted by molar-refractivity contribution is 0.432. The fourth-order valence-corrected chi connectivity index (χ4v) is 1.99. The van der Waals surface area contributed by atoms with E-state index in [1.54, 1.807) is 0 Å². The number of hydrogen-bond acceptors (Lipinski definition) is 2. The molecule has 0 saturated carbocycles. The van der Waals surface area contributed by atoms with Crippen molar-refractivity contribution in [2.24, 2.45) is 4.99 Å². The van der Waals surface area contributed by atoms with E-state index < -0.39 is 0 Å². The highest BCUT2D eigenvalue weighted by Gasteiger charge is 2.12. The largest absolute Gasteiger partial charge is 0.360 e. The summed E-state index contributed by atoms with van der Waals surface area (Å²) in [6.07, 6.45) is 5.43. The highest BCUT2D eigenvalue weighted by atomic mass is 35.5. The van der Waals surface area contributed by atoms with Gasteiger partial charge in [0.05, 0.1) is 6.04 Å². The molecule has 0 bridgehead atoms. The van der Waals surface area contributed by atoms with Gasteiger partial charge in [0.1, 0.15) is 5.84 Å². The Balaban J connectivity index is 0.00000162. The Morgan fingerprint density at radius 3 is 2.72 bits per heavy atom. The molecule has 0 radical (unpaired) electrons. The van der Waals surface area contributed by atoms with Crippen LogP contribution in [0.5, 0.6) is 0 Å². The van der Waals surface area contributed by atoms with Gasteiger partial charge in [0, 0.05) is 13.6 Å². The lowest BCUT2D eigenvalue weighted by Crippen LogP contribution is -2.33. The summed E-state index contributed by atoms with van der Waals surface area (Å²) in [5.74, 6) is 1.09. The first-order valence-electron chi connectivity index (χ1n) is 6.19. The third-order valence-electron chi connectivity index (χ3n) is 3.23. The molecular formula is C15H21ClN2. The molecule has 2 rings (SSSR count). The number of likely N-dealkylation sites (N-methyl/N-ethyl adjacent to an activating group) is 1. The van der Waals surface area contributed by atoms with Gasteiger partial charge in [-0.05, 0) is 37.5 Å². The van der Waals surface area contributed by atoms with Crippen molar-refractivity contribution in [1.82, 2.24) is 4.90 Å². The Morgan fingerprint density at radius 2 is 2.00 bits per heavy atom. The van der Waals surface area contributed by atoms with Gasteiger partial charge in [-0.2, -0.15) is 0 Å². The van der Waals surface area contributed by atoms with Crippen molar-refractivity contribution in [3.63, 3.8) is 0 Å². The molecule has 0 fully saturated rings. The Bertz CT molecular complexity index is 452. The van der Waals surface area contributed by atoms with Gasteiger partial charge >= 0.3 is 0 Å². The molecule has 98 valence electrons. The molecule has 1 aromatic rings. The van der Waals surface area contributed by atoms with Crippen LogP contribution in [-0.2, 0) is 0 Å². The van der Waals surface area contributed by atoms with E-state index >= 15 is 0 Å². The Labute approximate surface area is 116 Å². The summed E-state index contributed by atoms with van der Waals surface area (Å²) in [5, 5.41) is 0. The number of benzene rings is 1. The van der Waals surface area contributed by atoms with Crippen LogP contribution >= 0.6 is 12.4 Å². The molecule has 1 unspecified atom stereocenters. The van der Waals surface area contributed by atoms with Gasteiger partial charge in [-0.1, -0.05) is 30.3 Å². The van der Waals surface area contributed by atoms with Crippen molar-refractivity contribution < 1.29 is 0 Å². The quantitative estimate of drug-likeness (QED) is 0.798. The van der Waals surface area contributed by atoms with Crippen molar-refractivity contribution in [2.75, 3.05) is 13.6 Å². The summed E-state index contributed by atoms with van der Waals surface area (Å²) >= 11 is 0. The minimum Gasteiger partial charge on any atom is -0.360 e. The molecule has 1 aliphatic rings. The second-order valence-electron chi connectivity index (χ2n) is 4.74. The smallest absolute Gasteiger partial charge is 0.123 e. The van der Waals surface area contributed by atoms with E-state index in [1.807, 2.05) is 0 Å². The summed E-state index contributed by atoms with van der Waals surface area (Å²) in [6.45, 7) is 5.40. The van der Waals surface area contributed by atoms with E-state index in [1.165, 1.54) is 11.1 Å². The number of aliphatic imine (C=N–C) groups is 1. The summed E-state index contributed by atoms with van der Waals surface area (Å²) in [4.78, 5) is 6.88. The fraction of sp³-hybridized carbons (Fsp3) is 0.400. The van der Waals surface area contributed by atoms with Gasteiger partial charge in [0.15, 0.2) is 0 Å². The van der Waals surface area contributed by atoms with Gasteiger partial charge in [-0.25, -0.2) is 0 Å². The van der Waals surface area contributed by atoms with Crippen molar-refractivity contribution in [1.29, 1.82) is 0 Å². The topological polar surface area (TPSA) is 15.6 Å². The molecule has 2 nitrogen and oxygen atoms in total. The molecule has 0 N–H and O–H groups in total. The van der Waals surface area contributed by atoms with Crippen molar-refractivity contribution in [3.05, 3.63) is 41.5 Å². The number of hydrogen-bond donors (Lipinski definition) is 0. The Morgan fingerprint density at radius 1 is 1.28 bits per heavy atom. The number of rotatable bonds is 2. The van der Waals surface area contributed by atoms with Crippen molar-refractivity contribution >= 4 is 24.3 Å². The third kappa shape index (κ3) is 3.61. The van der Waals surface area contributed by atoms with Crippen LogP contribution in [0.1, 0.15) is 24.5 Å². The van der Waals surface area contributed by atoms with Crippen molar-refractivity contribution in [2.45, 2.75) is 26.3 Å². The van der Waals surface area contributed by atoms with Crippen LogP contribution < -0.4 is 0 Å². The highest BCUT2D eigenvalue weighted by Crippen LogP contribution is 2.12. The molecule has 0 spiro atoms. The van der Waals surface area contributed by atoms with E-state index in [2.05, 4.69) is 67.2 Å². The maximum Gasteiger partial charge on any atom is 0.123 e. The molecule has 0 saturated heterocycles. The standard InChI is InChI=1S/C15H20N2.ClH/c1-12-6-4-5-7-14(12)8-9-15-16-13(2)10-11-17(15)3;/h4-9,13H,10-11H2,1-3H3;1H. The second kappa shape index (κ2) is 6.60. The molecule has 3 heteroatoms. The summed E-state index contributed by atoms with van der Waals surface area (Å²) < 4.78 is 0. The van der Waals surface area contributed by atoms with Gasteiger partial charge in [0.2, 0.25) is 0 Å². The lowest BCUT2D eigenvalue weighted by atomic mass is 10.1. The van der Waals surface area contributed by atoms with E-state index in [0.717, 1.165) is 18.8 Å². The van der Waals surface area contributed by atoms with Gasteiger partial charge in [0.25, 0.3) is 0 Å². The molecule has 1 aromatic carbocycles. The monoisotopic (exact) mass is 264 g/mol. The van der Waals surface area contributed by atoms with Crippen LogP contribution in [0, 0.1) is 6.92 Å². The Hall–Kier alpha value is -1.28. The molecule has 0 aromatic heterocycles. The zero-order valence-electron chi connectivity index (χ0n) is 11.3. The molecule has 0 aliphatic carbocycles. The lowest BCUT2D eigenvalue weighted by Gasteiger charge is -2.26. The van der Waals surface area contributed by atoms with Gasteiger partial charge < -0.3 is 4.90 Å². The fourth-order valence-electron chi connectivity index (χ4n) is 1.99. The van der Waals surface area contributed by atoms with Crippen LogP contribution in [-0.4, -0.2) is 30.4 Å². The van der Waals surface area contributed by atoms with E-state index in [0.29, 0.717) is 6.04 Å². The highest BCUT2D eigenvalue weighted by molar-refractivity contribution is 5.96. The van der Waals surface area contributed by atoms with Crippen LogP contribution in [0.4, 0.5) is 0 Å². The van der Waals surface area contributed by atoms with E-state index in [4.69, 9.17) is 0 Å². The maximum atomic E-state index is 4.66. The summed E-state index contributed by atoms with van der Waals surface area (Å²) in [5.41, 5.74) is 2.57. The Kier molecular flexibility index (Phi) is 5.42. The molecule has 18 heavy (non-hydrogen) atoms. The zero-order valence-corrected chi connectivity index (χ0v) is 12.1. The SMILES string of the molecule is Cc1ccccc1C=CC1=NC(C)CCN1C.Cl. The van der Waals surface area contributed by atoms with E-state index in [-0.39, 0.29) is 12.4 Å². The van der Waals surface area contributed by atoms with E-state index in [9.17, 15) is 0 Å². The predicted octanol–water partition coefficient (Wildman–Crippen LogP) is 3.55. The van der Waals surface area contributed by atoms with Gasteiger partial charge in [-0.15, -0.1) is 12.4 Å². The van der Waals surface area contributed by atoms with Crippen LogP contribution in [0.2, 0.25) is 0 Å². The number of aryl methyl sites for hydroxylation is 1. The number of halogens is 1. The molecular weight excluding hydrogens is 244 g/mol. The number of amidine groups is 1. The third-order valence-corrected chi connectivity index (χ3v) is 3.23. The second-order valence-corrected chi connectivity index (χ2v) is 4.74. The molecule has 1 atom stereocenters. The normalized spacial score (nSPS) is 19.6. The molecule has 1 aliphatic heterocycles. The minimum absolute atomic E-state index is 0. The van der Waals surface area contributed by atoms with Gasteiger partial charge in [-0.3, -0.25) is 4.99 Å². The van der Waals surface area contributed by atoms with Crippen LogP contribution in [0.3, 0.4) is 0 Å². The van der Waals surface area contributed by atoms with Crippen LogP contribution in [0.15, 0.2) is 35.3 Å². The predicted molar refractivity (Wildman–Crippen MR) is 81.6 cm³/mol. The molecule has 0 amide bonds. The average molecular weight is 265 g/mol.